The van der Waals surface area contributed by atoms with E-state index in [0.29, 0.717) is 28.2 Å². The van der Waals surface area contributed by atoms with Crippen molar-refractivity contribution in [2.45, 2.75) is 28.2 Å². The summed E-state index contributed by atoms with van der Waals surface area (Å²) >= 11 is 0. The molecule has 0 fully saturated rings. The molecule has 0 saturated heterocycles. The monoisotopic (exact) mass is 305 g/mol. The van der Waals surface area contributed by atoms with Gasteiger partial charge in [0.05, 0.1) is 12.8 Å². The molecule has 0 aliphatic heterocycles. The van der Waals surface area contributed by atoms with Gasteiger partial charge < -0.3 is 9.30 Å². The van der Waals surface area contributed by atoms with Crippen LogP contribution in [0.15, 0.2) is 10.9 Å². The summed E-state index contributed by atoms with van der Waals surface area (Å²) in [7, 11) is 4.73. The van der Waals surface area contributed by atoms with Crippen molar-refractivity contribution in [3.8, 4) is 11.4 Å². The second kappa shape index (κ2) is 6.17. The van der Waals surface area contributed by atoms with Gasteiger partial charge in [-0.05, 0) is 32.4 Å². The van der Waals surface area contributed by atoms with Crippen LogP contribution in [0.1, 0.15) is 34.6 Å². The predicted molar refractivity (Wildman–Crippen MR) is 86.2 cm³/mol. The van der Waals surface area contributed by atoms with Gasteiger partial charge in [-0.15, -0.1) is 0 Å². The summed E-state index contributed by atoms with van der Waals surface area (Å²) in [5.41, 5.74) is 3.98. The highest BCUT2D eigenvalue weighted by atomic mass is 16.5. The zero-order valence-electron chi connectivity index (χ0n) is 13.1. The Balaban J connectivity index is 0.00000242. The number of carbonyl (C=O) groups excluding carboxylic acids is 1. The number of aryl methyl sites for hydroxylation is 3. The number of pyridine rings is 1. The Bertz CT molecular complexity index is 785. The van der Waals surface area contributed by atoms with Crippen LogP contribution in [-0.2, 0) is 18.8 Å². The van der Waals surface area contributed by atoms with Gasteiger partial charge in [0.25, 0.3) is 5.56 Å². The van der Waals surface area contributed by atoms with Crippen LogP contribution >= 0.6 is 0 Å². The highest BCUT2D eigenvalue weighted by Gasteiger charge is 2.23. The molecule has 2 aromatic heterocycles. The largest absolute Gasteiger partial charge is 0.464 e. The van der Waals surface area contributed by atoms with Crippen molar-refractivity contribution in [3.05, 3.63) is 38.8 Å². The molecule has 2 heterocycles. The lowest BCUT2D eigenvalue weighted by atomic mass is 10.1. The van der Waals surface area contributed by atoms with Crippen LogP contribution < -0.4 is 5.56 Å². The first kappa shape index (κ1) is 17.7. The third-order valence-electron chi connectivity index (χ3n) is 3.67. The van der Waals surface area contributed by atoms with E-state index in [-0.39, 0.29) is 13.0 Å². The number of ether oxygens (including phenoxy) is 1. The van der Waals surface area contributed by atoms with Gasteiger partial charge in [-0.2, -0.15) is 5.10 Å². The van der Waals surface area contributed by atoms with Gasteiger partial charge in [-0.25, -0.2) is 4.79 Å². The average Bonchev–Trinajstić information content (AvgIpc) is 2.71. The standard InChI is InChI=1S/C15H19N3O3.CH4/c1-8-7-9(2)14(19)17(4)12(8)11-10(3)13(15(20)21-6)18(5)16-11;/h7H,1-6H3;1H4. The van der Waals surface area contributed by atoms with Crippen molar-refractivity contribution in [3.63, 3.8) is 0 Å². The molecular formula is C16H23N3O3. The summed E-state index contributed by atoms with van der Waals surface area (Å²) in [6, 6.07) is 1.84. The third-order valence-corrected chi connectivity index (χ3v) is 3.67. The van der Waals surface area contributed by atoms with E-state index in [1.54, 1.807) is 32.5 Å². The molecule has 0 aliphatic rings. The molecule has 0 N–H and O–H groups in total. The first-order valence-corrected chi connectivity index (χ1v) is 6.59. The van der Waals surface area contributed by atoms with Crippen LogP contribution in [-0.4, -0.2) is 27.4 Å². The molecule has 0 spiro atoms. The lowest BCUT2D eigenvalue weighted by molar-refractivity contribution is 0.0587. The van der Waals surface area contributed by atoms with Crippen molar-refractivity contribution in [2.75, 3.05) is 7.11 Å². The molecule has 0 saturated carbocycles. The molecule has 0 radical (unpaired) electrons. The van der Waals surface area contributed by atoms with E-state index < -0.39 is 5.97 Å². The second-order valence-corrected chi connectivity index (χ2v) is 5.16. The molecule has 0 amide bonds. The van der Waals surface area contributed by atoms with E-state index in [1.807, 2.05) is 13.0 Å². The van der Waals surface area contributed by atoms with Gasteiger partial charge in [0.1, 0.15) is 11.4 Å². The summed E-state index contributed by atoms with van der Waals surface area (Å²) in [5.74, 6) is -0.441. The Kier molecular flexibility index (Phi) is 4.96. The molecule has 22 heavy (non-hydrogen) atoms. The summed E-state index contributed by atoms with van der Waals surface area (Å²) < 4.78 is 7.84. The fourth-order valence-corrected chi connectivity index (χ4v) is 2.67. The highest BCUT2D eigenvalue weighted by molar-refractivity contribution is 5.91. The number of esters is 1. The van der Waals surface area contributed by atoms with E-state index in [9.17, 15) is 9.59 Å². The van der Waals surface area contributed by atoms with Crippen LogP contribution in [0.2, 0.25) is 0 Å². The molecule has 0 aromatic carbocycles. The quantitative estimate of drug-likeness (QED) is 0.797. The van der Waals surface area contributed by atoms with Gasteiger partial charge in [0.2, 0.25) is 0 Å². The van der Waals surface area contributed by atoms with Crippen LogP contribution in [0.3, 0.4) is 0 Å². The number of carbonyl (C=O) groups is 1. The lowest BCUT2D eigenvalue weighted by Crippen LogP contribution is -2.22. The number of aromatic nitrogens is 3. The maximum atomic E-state index is 12.1. The Hall–Kier alpha value is -2.37. The number of hydrogen-bond acceptors (Lipinski definition) is 4. The lowest BCUT2D eigenvalue weighted by Gasteiger charge is -2.11. The van der Waals surface area contributed by atoms with E-state index in [1.165, 1.54) is 11.8 Å². The third kappa shape index (κ3) is 2.56. The Morgan fingerprint density at radius 3 is 2.32 bits per heavy atom. The number of hydrogen-bond donors (Lipinski definition) is 0. The predicted octanol–water partition coefficient (Wildman–Crippen LogP) is 2.13. The molecule has 0 unspecified atom stereocenters. The summed E-state index contributed by atoms with van der Waals surface area (Å²) in [6.45, 7) is 5.51. The maximum Gasteiger partial charge on any atom is 0.356 e. The molecule has 6 nitrogen and oxygen atoms in total. The van der Waals surface area contributed by atoms with E-state index in [4.69, 9.17) is 4.74 Å². The summed E-state index contributed by atoms with van der Waals surface area (Å²) in [5, 5.41) is 4.40. The normalized spacial score (nSPS) is 10.3. The van der Waals surface area contributed by atoms with Crippen molar-refractivity contribution in [1.29, 1.82) is 0 Å². The van der Waals surface area contributed by atoms with Gasteiger partial charge in [0, 0.05) is 25.2 Å². The van der Waals surface area contributed by atoms with Gasteiger partial charge in [-0.1, -0.05) is 7.43 Å². The van der Waals surface area contributed by atoms with Crippen LogP contribution in [0.4, 0.5) is 0 Å². The fourth-order valence-electron chi connectivity index (χ4n) is 2.67. The maximum absolute atomic E-state index is 12.1. The fraction of sp³-hybridized carbons (Fsp3) is 0.438. The Morgan fingerprint density at radius 1 is 1.18 bits per heavy atom. The van der Waals surface area contributed by atoms with Crippen molar-refractivity contribution >= 4 is 5.97 Å². The van der Waals surface area contributed by atoms with Gasteiger partial charge >= 0.3 is 5.97 Å². The van der Waals surface area contributed by atoms with Gasteiger partial charge in [0.15, 0.2) is 0 Å². The van der Waals surface area contributed by atoms with Crippen molar-refractivity contribution < 1.29 is 9.53 Å². The number of methoxy groups -OCH3 is 1. The zero-order chi connectivity index (χ0) is 15.9. The second-order valence-electron chi connectivity index (χ2n) is 5.16. The summed E-state index contributed by atoms with van der Waals surface area (Å²) in [6.07, 6.45) is 0. The molecule has 0 atom stereocenters. The Labute approximate surface area is 130 Å². The highest BCUT2D eigenvalue weighted by Crippen LogP contribution is 2.26. The average molecular weight is 305 g/mol. The number of nitrogens with zero attached hydrogens (tertiary/aromatic N) is 3. The first-order chi connectivity index (χ1) is 9.79. The van der Waals surface area contributed by atoms with Crippen LogP contribution in [0.25, 0.3) is 11.4 Å². The van der Waals surface area contributed by atoms with E-state index in [0.717, 1.165) is 5.56 Å². The zero-order valence-corrected chi connectivity index (χ0v) is 13.1. The van der Waals surface area contributed by atoms with E-state index >= 15 is 0 Å². The first-order valence-electron chi connectivity index (χ1n) is 6.59. The minimum atomic E-state index is -0.441. The molecule has 2 rings (SSSR count). The van der Waals surface area contributed by atoms with E-state index in [2.05, 4.69) is 5.10 Å². The Morgan fingerprint density at radius 2 is 1.77 bits per heavy atom. The molecule has 0 bridgehead atoms. The SMILES string of the molecule is C.COC(=O)c1c(C)c(-c2c(C)cc(C)c(=O)n2C)nn1C. The molecule has 0 aliphatic carbocycles. The van der Waals surface area contributed by atoms with Crippen molar-refractivity contribution in [1.82, 2.24) is 14.3 Å². The molecule has 120 valence electrons. The molecule has 2 aromatic rings. The van der Waals surface area contributed by atoms with Crippen molar-refractivity contribution in [2.24, 2.45) is 14.1 Å². The van der Waals surface area contributed by atoms with Gasteiger partial charge in [-0.3, -0.25) is 9.48 Å². The molecular weight excluding hydrogens is 282 g/mol. The number of rotatable bonds is 2. The minimum Gasteiger partial charge on any atom is -0.464 e. The summed E-state index contributed by atoms with van der Waals surface area (Å²) in [4.78, 5) is 24.0. The molecule has 6 heteroatoms. The topological polar surface area (TPSA) is 66.1 Å². The van der Waals surface area contributed by atoms with Crippen LogP contribution in [0.5, 0.6) is 0 Å². The smallest absolute Gasteiger partial charge is 0.356 e. The minimum absolute atomic E-state index is 0. The van der Waals surface area contributed by atoms with Crippen LogP contribution in [0, 0.1) is 20.8 Å².